The van der Waals surface area contributed by atoms with Crippen LogP contribution in [0.25, 0.3) is 0 Å². The summed E-state index contributed by atoms with van der Waals surface area (Å²) in [4.78, 5) is 24.6. The summed E-state index contributed by atoms with van der Waals surface area (Å²) in [5.74, 6) is -0.0191. The summed E-state index contributed by atoms with van der Waals surface area (Å²) in [5.41, 5.74) is 0.565. The van der Waals surface area contributed by atoms with E-state index in [1.54, 1.807) is 26.1 Å². The number of carbonyl (C=O) groups is 2. The molecular formula is C15H19BrFNO3S. The van der Waals surface area contributed by atoms with Crippen LogP contribution in [0.4, 0.5) is 4.39 Å². The van der Waals surface area contributed by atoms with Crippen LogP contribution < -0.4 is 0 Å². The van der Waals surface area contributed by atoms with Crippen molar-refractivity contribution in [3.63, 3.8) is 0 Å². The van der Waals surface area contributed by atoms with Gasteiger partial charge in [-0.05, 0) is 24.6 Å². The first kappa shape index (κ1) is 19.0. The van der Waals surface area contributed by atoms with Gasteiger partial charge in [0.05, 0.1) is 18.8 Å². The first-order valence-corrected chi connectivity index (χ1v) is 8.80. The van der Waals surface area contributed by atoms with Gasteiger partial charge in [0.2, 0.25) is 5.91 Å². The molecule has 0 saturated heterocycles. The largest absolute Gasteiger partial charge is 0.466 e. The normalized spacial score (nSPS) is 10.4. The van der Waals surface area contributed by atoms with Crippen LogP contribution in [0.2, 0.25) is 0 Å². The second kappa shape index (κ2) is 9.84. The van der Waals surface area contributed by atoms with E-state index < -0.39 is 0 Å². The number of halogens is 2. The van der Waals surface area contributed by atoms with Crippen LogP contribution in [0, 0.1) is 5.82 Å². The molecule has 1 aromatic rings. The van der Waals surface area contributed by atoms with E-state index in [0.29, 0.717) is 28.9 Å². The van der Waals surface area contributed by atoms with Gasteiger partial charge >= 0.3 is 5.97 Å². The third-order valence-corrected chi connectivity index (χ3v) is 4.34. The molecule has 0 heterocycles. The van der Waals surface area contributed by atoms with Crippen molar-refractivity contribution in [1.82, 2.24) is 4.90 Å². The average Bonchev–Trinajstić information content (AvgIpc) is 2.47. The molecule has 0 radical (unpaired) electrons. The molecule has 122 valence electrons. The maximum absolute atomic E-state index is 13.6. The fraction of sp³-hybridized carbons (Fsp3) is 0.467. The minimum atomic E-state index is -0.313. The number of thioether (sulfide) groups is 1. The molecule has 1 amide bonds. The number of hydrogen-bond donors (Lipinski definition) is 0. The summed E-state index contributed by atoms with van der Waals surface area (Å²) in [6.07, 6.45) is 0.183. The molecule has 1 aromatic carbocycles. The fourth-order valence-electron chi connectivity index (χ4n) is 1.61. The van der Waals surface area contributed by atoms with Crippen molar-refractivity contribution in [1.29, 1.82) is 0 Å². The number of carbonyl (C=O) groups excluding carboxylic acids is 2. The third kappa shape index (κ3) is 6.79. The van der Waals surface area contributed by atoms with Crippen molar-refractivity contribution in [3.05, 3.63) is 34.1 Å². The average molecular weight is 392 g/mol. The van der Waals surface area contributed by atoms with Crippen LogP contribution in [-0.2, 0) is 20.1 Å². The van der Waals surface area contributed by atoms with Gasteiger partial charge in [-0.3, -0.25) is 9.59 Å². The Bertz CT molecular complexity index is 528. The van der Waals surface area contributed by atoms with E-state index in [0.717, 1.165) is 0 Å². The van der Waals surface area contributed by atoms with Crippen molar-refractivity contribution < 1.29 is 18.7 Å². The molecular weight excluding hydrogens is 373 g/mol. The summed E-state index contributed by atoms with van der Waals surface area (Å²) >= 11 is 4.55. The number of esters is 1. The number of hydrogen-bond acceptors (Lipinski definition) is 4. The highest BCUT2D eigenvalue weighted by Gasteiger charge is 2.12. The van der Waals surface area contributed by atoms with E-state index in [4.69, 9.17) is 4.74 Å². The molecule has 0 saturated carbocycles. The van der Waals surface area contributed by atoms with E-state index >= 15 is 0 Å². The van der Waals surface area contributed by atoms with Gasteiger partial charge in [0.1, 0.15) is 5.82 Å². The predicted octanol–water partition coefficient (Wildman–Crippen LogP) is 3.23. The smallest absolute Gasteiger partial charge is 0.307 e. The zero-order chi connectivity index (χ0) is 16.5. The minimum Gasteiger partial charge on any atom is -0.466 e. The highest BCUT2D eigenvalue weighted by atomic mass is 79.9. The van der Waals surface area contributed by atoms with Crippen molar-refractivity contribution in [2.75, 3.05) is 26.0 Å². The molecule has 0 aliphatic heterocycles. The van der Waals surface area contributed by atoms with Gasteiger partial charge in [0.15, 0.2) is 0 Å². The van der Waals surface area contributed by atoms with Crippen LogP contribution in [0.5, 0.6) is 0 Å². The maximum atomic E-state index is 13.6. The van der Waals surface area contributed by atoms with E-state index in [1.165, 1.54) is 22.7 Å². The first-order chi connectivity index (χ1) is 10.4. The lowest BCUT2D eigenvalue weighted by atomic mass is 10.2. The quantitative estimate of drug-likeness (QED) is 0.638. The Balaban J connectivity index is 2.31. The zero-order valence-corrected chi connectivity index (χ0v) is 15.0. The van der Waals surface area contributed by atoms with Gasteiger partial charge in [-0.1, -0.05) is 22.0 Å². The predicted molar refractivity (Wildman–Crippen MR) is 89.1 cm³/mol. The van der Waals surface area contributed by atoms with Crippen LogP contribution in [0.15, 0.2) is 22.7 Å². The topological polar surface area (TPSA) is 46.6 Å². The Morgan fingerprint density at radius 2 is 2.14 bits per heavy atom. The molecule has 22 heavy (non-hydrogen) atoms. The second-order valence-corrected chi connectivity index (χ2v) is 6.50. The van der Waals surface area contributed by atoms with Crippen LogP contribution in [-0.4, -0.2) is 42.7 Å². The Kier molecular flexibility index (Phi) is 8.48. The number of benzene rings is 1. The molecule has 0 aromatic heterocycles. The van der Waals surface area contributed by atoms with Crippen molar-refractivity contribution in [2.45, 2.75) is 19.1 Å². The van der Waals surface area contributed by atoms with Gasteiger partial charge in [-0.25, -0.2) is 4.39 Å². The molecule has 0 aliphatic rings. The Morgan fingerprint density at radius 3 is 2.77 bits per heavy atom. The molecule has 0 atom stereocenters. The molecule has 1 rings (SSSR count). The SMILES string of the molecule is CCOC(=O)CCN(C)C(=O)CSCc1ccc(Br)cc1F. The molecule has 7 heteroatoms. The van der Waals surface area contributed by atoms with E-state index in [2.05, 4.69) is 15.9 Å². The van der Waals surface area contributed by atoms with Gasteiger partial charge in [-0.2, -0.15) is 0 Å². The van der Waals surface area contributed by atoms with Gasteiger partial charge in [0.25, 0.3) is 0 Å². The van der Waals surface area contributed by atoms with E-state index in [-0.39, 0.29) is 29.9 Å². The van der Waals surface area contributed by atoms with Gasteiger partial charge in [-0.15, -0.1) is 11.8 Å². The van der Waals surface area contributed by atoms with E-state index in [9.17, 15) is 14.0 Å². The number of ether oxygens (including phenoxy) is 1. The first-order valence-electron chi connectivity index (χ1n) is 6.85. The lowest BCUT2D eigenvalue weighted by molar-refractivity contribution is -0.143. The Hall–Kier alpha value is -1.08. The van der Waals surface area contributed by atoms with Crippen LogP contribution >= 0.6 is 27.7 Å². The van der Waals surface area contributed by atoms with Crippen molar-refractivity contribution in [3.8, 4) is 0 Å². The van der Waals surface area contributed by atoms with Crippen molar-refractivity contribution in [2.24, 2.45) is 0 Å². The molecule has 0 spiro atoms. The number of nitrogens with zero attached hydrogens (tertiary/aromatic N) is 1. The summed E-state index contributed by atoms with van der Waals surface area (Å²) < 4.78 is 19.1. The molecule has 0 N–H and O–H groups in total. The molecule has 0 bridgehead atoms. The maximum Gasteiger partial charge on any atom is 0.307 e. The second-order valence-electron chi connectivity index (χ2n) is 4.60. The molecule has 0 aliphatic carbocycles. The summed E-state index contributed by atoms with van der Waals surface area (Å²) in [7, 11) is 1.64. The van der Waals surface area contributed by atoms with Gasteiger partial charge in [0, 0.05) is 23.8 Å². The Labute approximate surface area is 142 Å². The number of rotatable bonds is 8. The standard InChI is InChI=1S/C15H19BrFNO3S/c1-3-21-15(20)6-7-18(2)14(19)10-22-9-11-4-5-12(16)8-13(11)17/h4-5,8H,3,6-7,9-10H2,1-2H3. The lowest BCUT2D eigenvalue weighted by Crippen LogP contribution is -2.30. The molecule has 4 nitrogen and oxygen atoms in total. The highest BCUT2D eigenvalue weighted by Crippen LogP contribution is 2.20. The fourth-order valence-corrected chi connectivity index (χ4v) is 2.90. The van der Waals surface area contributed by atoms with Crippen LogP contribution in [0.3, 0.4) is 0 Å². The van der Waals surface area contributed by atoms with Gasteiger partial charge < -0.3 is 9.64 Å². The number of amides is 1. The Morgan fingerprint density at radius 1 is 1.41 bits per heavy atom. The highest BCUT2D eigenvalue weighted by molar-refractivity contribution is 9.10. The minimum absolute atomic E-state index is 0.0909. The zero-order valence-electron chi connectivity index (χ0n) is 12.6. The van der Waals surface area contributed by atoms with E-state index in [1.807, 2.05) is 0 Å². The summed E-state index contributed by atoms with van der Waals surface area (Å²) in [6.45, 7) is 2.40. The summed E-state index contributed by atoms with van der Waals surface area (Å²) in [6, 6.07) is 4.87. The molecule has 0 unspecified atom stereocenters. The molecule has 0 fully saturated rings. The van der Waals surface area contributed by atoms with Crippen LogP contribution in [0.1, 0.15) is 18.9 Å². The summed E-state index contributed by atoms with van der Waals surface area (Å²) in [5, 5.41) is 0. The lowest BCUT2D eigenvalue weighted by Gasteiger charge is -2.16. The third-order valence-electron chi connectivity index (χ3n) is 2.88. The monoisotopic (exact) mass is 391 g/mol. The van der Waals surface area contributed by atoms with Crippen molar-refractivity contribution >= 4 is 39.6 Å².